The highest BCUT2D eigenvalue weighted by Gasteiger charge is 2.15. The first-order chi connectivity index (χ1) is 23.3. The number of rotatable bonds is 4. The quantitative estimate of drug-likeness (QED) is 0.189. The molecule has 0 radical (unpaired) electrons. The van der Waals surface area contributed by atoms with Gasteiger partial charge in [-0.3, -0.25) is 4.98 Å². The van der Waals surface area contributed by atoms with Gasteiger partial charge in [0.25, 0.3) is 0 Å². The zero-order valence-electron chi connectivity index (χ0n) is 25.3. The van der Waals surface area contributed by atoms with Gasteiger partial charge in [0.05, 0.1) is 33.8 Å². The molecule has 10 aromatic rings. The molecule has 4 heteroatoms. The van der Waals surface area contributed by atoms with Crippen molar-refractivity contribution >= 4 is 54.1 Å². The van der Waals surface area contributed by atoms with Crippen molar-refractivity contribution in [2.24, 2.45) is 0 Å². The molecule has 0 atom stereocenters. The van der Waals surface area contributed by atoms with Crippen LogP contribution in [0.2, 0.25) is 0 Å². The van der Waals surface area contributed by atoms with E-state index in [0.29, 0.717) is 0 Å². The van der Waals surface area contributed by atoms with Gasteiger partial charge >= 0.3 is 0 Å². The van der Waals surface area contributed by atoms with E-state index in [2.05, 4.69) is 143 Å². The predicted molar refractivity (Wildman–Crippen MR) is 194 cm³/mol. The Labute approximate surface area is 270 Å². The molecule has 6 aromatic carbocycles. The molecule has 4 nitrogen and oxygen atoms in total. The van der Waals surface area contributed by atoms with Crippen LogP contribution in [0.3, 0.4) is 0 Å². The van der Waals surface area contributed by atoms with Crippen LogP contribution in [0.5, 0.6) is 0 Å². The number of para-hydroxylation sites is 1. The monoisotopic (exact) mass is 598 g/mol. The standard InChI is InChI=1S/C43H26N4/c1-2-16-40-33(11-1)35-26-44-24-23-41(35)47(40)31-10-4-9-30(25-31)36-12-5-14-38(45-36)39-15-6-13-37(46-39)32-21-19-29-18-17-27-7-3-8-28-20-22-34(32)43(29)42(27)28/h1-26H. The lowest BCUT2D eigenvalue weighted by Crippen LogP contribution is -1.96. The Bertz CT molecular complexity index is 2740. The van der Waals surface area contributed by atoms with E-state index in [1.165, 1.54) is 37.7 Å². The largest absolute Gasteiger partial charge is 0.309 e. The summed E-state index contributed by atoms with van der Waals surface area (Å²) in [5.41, 5.74) is 9.08. The lowest BCUT2D eigenvalue weighted by Gasteiger charge is -2.14. The third-order valence-corrected chi connectivity index (χ3v) is 9.44. The summed E-state index contributed by atoms with van der Waals surface area (Å²) >= 11 is 0. The Morgan fingerprint density at radius 1 is 0.426 bits per heavy atom. The van der Waals surface area contributed by atoms with Gasteiger partial charge in [-0.05, 0) is 80.8 Å². The maximum Gasteiger partial charge on any atom is 0.0893 e. The molecule has 0 N–H and O–H groups in total. The fraction of sp³-hybridized carbons (Fsp3) is 0. The van der Waals surface area contributed by atoms with Crippen molar-refractivity contribution < 1.29 is 0 Å². The van der Waals surface area contributed by atoms with E-state index in [0.717, 1.165) is 56.0 Å². The van der Waals surface area contributed by atoms with Crippen LogP contribution < -0.4 is 0 Å². The lowest BCUT2D eigenvalue weighted by atomic mass is 9.91. The van der Waals surface area contributed by atoms with E-state index in [-0.39, 0.29) is 0 Å². The molecule has 0 bridgehead atoms. The number of nitrogens with zero attached hydrogens (tertiary/aromatic N) is 4. The topological polar surface area (TPSA) is 43.6 Å². The first kappa shape index (κ1) is 25.9. The van der Waals surface area contributed by atoms with Crippen molar-refractivity contribution in [3.63, 3.8) is 0 Å². The zero-order chi connectivity index (χ0) is 30.9. The van der Waals surface area contributed by atoms with Gasteiger partial charge in [0.2, 0.25) is 0 Å². The normalized spacial score (nSPS) is 11.8. The second kappa shape index (κ2) is 10.1. The molecule has 0 fully saturated rings. The first-order valence-electron chi connectivity index (χ1n) is 15.9. The fourth-order valence-corrected chi connectivity index (χ4v) is 7.32. The molecule has 47 heavy (non-hydrogen) atoms. The number of hydrogen-bond acceptors (Lipinski definition) is 3. The summed E-state index contributed by atoms with van der Waals surface area (Å²) in [6, 6.07) is 51.5. The van der Waals surface area contributed by atoms with Crippen LogP contribution in [0.25, 0.3) is 93.7 Å². The molecule has 0 saturated heterocycles. The molecule has 4 aromatic heterocycles. The van der Waals surface area contributed by atoms with E-state index in [9.17, 15) is 0 Å². The maximum absolute atomic E-state index is 5.18. The molecule has 0 saturated carbocycles. The molecule has 4 heterocycles. The van der Waals surface area contributed by atoms with Crippen LogP contribution in [0.4, 0.5) is 0 Å². The van der Waals surface area contributed by atoms with Crippen molar-refractivity contribution in [3.8, 4) is 39.6 Å². The van der Waals surface area contributed by atoms with E-state index in [1.807, 2.05) is 24.5 Å². The maximum atomic E-state index is 5.18. The van der Waals surface area contributed by atoms with Crippen LogP contribution in [-0.4, -0.2) is 19.5 Å². The van der Waals surface area contributed by atoms with Crippen LogP contribution in [0.15, 0.2) is 158 Å². The minimum absolute atomic E-state index is 0.843. The van der Waals surface area contributed by atoms with Gasteiger partial charge in [-0.15, -0.1) is 0 Å². The SMILES string of the molecule is c1cc(-c2cccc(-c3cccc(-c4ccc5ccc6cccc7ccc4c5c67)n3)n2)cc(-n2c3ccccc3c3cnccc32)c1. The van der Waals surface area contributed by atoms with Crippen molar-refractivity contribution in [2.75, 3.05) is 0 Å². The van der Waals surface area contributed by atoms with E-state index < -0.39 is 0 Å². The van der Waals surface area contributed by atoms with E-state index >= 15 is 0 Å². The van der Waals surface area contributed by atoms with Gasteiger partial charge in [-0.25, -0.2) is 9.97 Å². The van der Waals surface area contributed by atoms with Gasteiger partial charge in [0.15, 0.2) is 0 Å². The third kappa shape index (κ3) is 3.98. The molecule has 0 aliphatic carbocycles. The summed E-state index contributed by atoms with van der Waals surface area (Å²) in [7, 11) is 0. The summed E-state index contributed by atoms with van der Waals surface area (Å²) in [6.07, 6.45) is 3.81. The highest BCUT2D eigenvalue weighted by atomic mass is 15.0. The molecule has 0 aliphatic rings. The van der Waals surface area contributed by atoms with Crippen molar-refractivity contribution in [1.29, 1.82) is 0 Å². The van der Waals surface area contributed by atoms with Gasteiger partial charge in [-0.2, -0.15) is 0 Å². The predicted octanol–water partition coefficient (Wildman–Crippen LogP) is 10.9. The van der Waals surface area contributed by atoms with Crippen molar-refractivity contribution in [1.82, 2.24) is 19.5 Å². The summed E-state index contributed by atoms with van der Waals surface area (Å²) < 4.78 is 2.31. The minimum Gasteiger partial charge on any atom is -0.309 e. The van der Waals surface area contributed by atoms with Crippen molar-refractivity contribution in [2.45, 2.75) is 0 Å². The smallest absolute Gasteiger partial charge is 0.0893 e. The van der Waals surface area contributed by atoms with E-state index in [4.69, 9.17) is 9.97 Å². The molecule has 0 aliphatic heterocycles. The first-order valence-corrected chi connectivity index (χ1v) is 15.9. The molecule has 10 rings (SSSR count). The highest BCUT2D eigenvalue weighted by Crippen LogP contribution is 2.39. The van der Waals surface area contributed by atoms with Gasteiger partial charge in [-0.1, -0.05) is 97.1 Å². The van der Waals surface area contributed by atoms with Crippen LogP contribution in [-0.2, 0) is 0 Å². The van der Waals surface area contributed by atoms with Crippen LogP contribution >= 0.6 is 0 Å². The zero-order valence-corrected chi connectivity index (χ0v) is 25.3. The second-order valence-electron chi connectivity index (χ2n) is 12.1. The molecular formula is C43H26N4. The van der Waals surface area contributed by atoms with Gasteiger partial charge in [0.1, 0.15) is 0 Å². The summed E-state index contributed by atoms with van der Waals surface area (Å²) in [5.74, 6) is 0. The van der Waals surface area contributed by atoms with Crippen molar-refractivity contribution in [3.05, 3.63) is 158 Å². The Kier molecular flexibility index (Phi) is 5.54. The highest BCUT2D eigenvalue weighted by molar-refractivity contribution is 6.25. The number of hydrogen-bond donors (Lipinski definition) is 0. The molecule has 0 spiro atoms. The Hall–Kier alpha value is -6.39. The summed E-state index contributed by atoms with van der Waals surface area (Å²) in [6.45, 7) is 0. The number of aromatic nitrogens is 4. The minimum atomic E-state index is 0.843. The summed E-state index contributed by atoms with van der Waals surface area (Å²) in [4.78, 5) is 14.7. The van der Waals surface area contributed by atoms with Gasteiger partial charge < -0.3 is 4.57 Å². The van der Waals surface area contributed by atoms with Crippen LogP contribution in [0, 0.1) is 0 Å². The van der Waals surface area contributed by atoms with E-state index in [1.54, 1.807) is 0 Å². The summed E-state index contributed by atoms with van der Waals surface area (Å²) in [5, 5.41) is 9.94. The van der Waals surface area contributed by atoms with Crippen LogP contribution in [0.1, 0.15) is 0 Å². The Balaban J connectivity index is 1.07. The van der Waals surface area contributed by atoms with Gasteiger partial charge in [0, 0.05) is 40.0 Å². The number of fused-ring (bicyclic) bond motifs is 3. The number of benzene rings is 6. The molecular weight excluding hydrogens is 573 g/mol. The molecule has 218 valence electrons. The molecule has 0 unspecified atom stereocenters. The average molecular weight is 599 g/mol. The second-order valence-corrected chi connectivity index (χ2v) is 12.1. The Morgan fingerprint density at radius 2 is 1.09 bits per heavy atom. The fourth-order valence-electron chi connectivity index (χ4n) is 7.32. The molecule has 0 amide bonds. The average Bonchev–Trinajstić information content (AvgIpc) is 3.48. The third-order valence-electron chi connectivity index (χ3n) is 9.44. The number of pyridine rings is 3. The Morgan fingerprint density at radius 3 is 1.96 bits per heavy atom. The lowest BCUT2D eigenvalue weighted by molar-refractivity contribution is 1.17.